The van der Waals surface area contributed by atoms with Crippen molar-refractivity contribution in [2.75, 3.05) is 11.9 Å². The normalized spacial score (nSPS) is 23.3. The molecule has 0 unspecified atom stereocenters. The van der Waals surface area contributed by atoms with Crippen LogP contribution in [0.1, 0.15) is 29.5 Å². The highest BCUT2D eigenvalue weighted by atomic mass is 35.5. The van der Waals surface area contributed by atoms with E-state index in [0.717, 1.165) is 12.1 Å². The summed E-state index contributed by atoms with van der Waals surface area (Å²) < 4.78 is 5.34. The van der Waals surface area contributed by atoms with Crippen LogP contribution in [0.2, 0.25) is 10.0 Å². The molecule has 4 rings (SSSR count). The SMILES string of the molecule is N#CCOc1ccc([C@H]2Nc3c(ccc(Cl)c3Cl)[C@H]3C=CC[C@@H]32)cc1. The van der Waals surface area contributed by atoms with E-state index in [0.29, 0.717) is 27.6 Å². The molecule has 0 saturated carbocycles. The lowest BCUT2D eigenvalue weighted by Crippen LogP contribution is -2.29. The van der Waals surface area contributed by atoms with Gasteiger partial charge in [0, 0.05) is 5.92 Å². The summed E-state index contributed by atoms with van der Waals surface area (Å²) >= 11 is 12.7. The molecule has 0 amide bonds. The third-order valence-corrected chi connectivity index (χ3v) is 5.77. The van der Waals surface area contributed by atoms with Crippen LogP contribution in [0.4, 0.5) is 5.69 Å². The van der Waals surface area contributed by atoms with Crippen molar-refractivity contribution in [3.05, 3.63) is 69.7 Å². The maximum absolute atomic E-state index is 8.61. The smallest absolute Gasteiger partial charge is 0.174 e. The molecule has 1 aliphatic heterocycles. The molecule has 0 spiro atoms. The van der Waals surface area contributed by atoms with E-state index in [1.54, 1.807) is 0 Å². The highest BCUT2D eigenvalue weighted by molar-refractivity contribution is 6.43. The van der Waals surface area contributed by atoms with E-state index in [1.807, 2.05) is 36.4 Å². The Bertz CT molecular complexity index is 871. The van der Waals surface area contributed by atoms with Gasteiger partial charge in [0.2, 0.25) is 0 Å². The topological polar surface area (TPSA) is 45.0 Å². The van der Waals surface area contributed by atoms with Crippen LogP contribution < -0.4 is 10.1 Å². The molecule has 2 aromatic rings. The van der Waals surface area contributed by atoms with Crippen molar-refractivity contribution < 1.29 is 4.74 Å². The Hall–Kier alpha value is -2.15. The van der Waals surface area contributed by atoms with Gasteiger partial charge in [-0.3, -0.25) is 0 Å². The van der Waals surface area contributed by atoms with Gasteiger partial charge in [-0.1, -0.05) is 53.6 Å². The first-order valence-electron chi connectivity index (χ1n) is 8.20. The number of nitriles is 1. The minimum atomic E-state index is 0.0527. The second-order valence-electron chi connectivity index (χ2n) is 6.32. The Balaban J connectivity index is 1.69. The molecule has 3 nitrogen and oxygen atoms in total. The maximum Gasteiger partial charge on any atom is 0.174 e. The lowest BCUT2D eigenvalue weighted by atomic mass is 9.77. The van der Waals surface area contributed by atoms with Gasteiger partial charge in [0.25, 0.3) is 0 Å². The predicted molar refractivity (Wildman–Crippen MR) is 100 cm³/mol. The molecule has 1 N–H and O–H groups in total. The fraction of sp³-hybridized carbons (Fsp3) is 0.250. The summed E-state index contributed by atoms with van der Waals surface area (Å²) in [5.74, 6) is 1.48. The van der Waals surface area contributed by atoms with Crippen molar-refractivity contribution >= 4 is 28.9 Å². The molecule has 1 aliphatic carbocycles. The van der Waals surface area contributed by atoms with Crippen molar-refractivity contribution in [1.29, 1.82) is 5.26 Å². The summed E-state index contributed by atoms with van der Waals surface area (Å²) in [5.41, 5.74) is 3.31. The van der Waals surface area contributed by atoms with Crippen molar-refractivity contribution in [1.82, 2.24) is 0 Å². The summed E-state index contributed by atoms with van der Waals surface area (Å²) in [7, 11) is 0. The highest BCUT2D eigenvalue weighted by Gasteiger charge is 2.38. The molecule has 0 aromatic heterocycles. The van der Waals surface area contributed by atoms with Gasteiger partial charge in [-0.05, 0) is 41.7 Å². The van der Waals surface area contributed by atoms with E-state index < -0.39 is 0 Å². The Labute approximate surface area is 156 Å². The van der Waals surface area contributed by atoms with Gasteiger partial charge < -0.3 is 10.1 Å². The lowest BCUT2D eigenvalue weighted by Gasteiger charge is -2.38. The zero-order valence-electron chi connectivity index (χ0n) is 13.4. The quantitative estimate of drug-likeness (QED) is 0.702. The third-order valence-electron chi connectivity index (χ3n) is 4.97. The lowest BCUT2D eigenvalue weighted by molar-refractivity contribution is 0.367. The Kier molecular flexibility index (Phi) is 4.33. The van der Waals surface area contributed by atoms with Gasteiger partial charge in [0.1, 0.15) is 11.8 Å². The van der Waals surface area contributed by atoms with Gasteiger partial charge in [-0.25, -0.2) is 0 Å². The minimum Gasteiger partial charge on any atom is -0.479 e. The number of ether oxygens (including phenoxy) is 1. The zero-order valence-corrected chi connectivity index (χ0v) is 14.9. The summed E-state index contributed by atoms with van der Waals surface area (Å²) in [4.78, 5) is 0. The summed E-state index contributed by atoms with van der Waals surface area (Å²) in [6.07, 6.45) is 5.53. The number of halogens is 2. The predicted octanol–water partition coefficient (Wildman–Crippen LogP) is 5.72. The van der Waals surface area contributed by atoms with Crippen LogP contribution in [0.25, 0.3) is 0 Å². The first-order valence-corrected chi connectivity index (χ1v) is 8.95. The van der Waals surface area contributed by atoms with E-state index in [4.69, 9.17) is 33.2 Å². The molecule has 3 atom stereocenters. The molecular formula is C20H16Cl2N2O. The molecule has 5 heteroatoms. The minimum absolute atomic E-state index is 0.0527. The number of hydrogen-bond acceptors (Lipinski definition) is 3. The van der Waals surface area contributed by atoms with Gasteiger partial charge in [0.05, 0.1) is 21.8 Å². The van der Waals surface area contributed by atoms with Gasteiger partial charge in [-0.15, -0.1) is 0 Å². The Morgan fingerprint density at radius 2 is 1.96 bits per heavy atom. The van der Waals surface area contributed by atoms with Crippen molar-refractivity contribution in [3.8, 4) is 11.8 Å². The molecular weight excluding hydrogens is 355 g/mol. The summed E-state index contributed by atoms with van der Waals surface area (Å²) in [6.45, 7) is 0.0527. The monoisotopic (exact) mass is 370 g/mol. The fourth-order valence-electron chi connectivity index (χ4n) is 3.82. The molecule has 0 radical (unpaired) electrons. The van der Waals surface area contributed by atoms with Gasteiger partial charge in [-0.2, -0.15) is 5.26 Å². The summed E-state index contributed by atoms with van der Waals surface area (Å²) in [6, 6.07) is 14.0. The Morgan fingerprint density at radius 3 is 2.72 bits per heavy atom. The number of benzene rings is 2. The van der Waals surface area contributed by atoms with Crippen molar-refractivity contribution in [2.45, 2.75) is 18.4 Å². The van der Waals surface area contributed by atoms with E-state index in [-0.39, 0.29) is 12.6 Å². The van der Waals surface area contributed by atoms with Gasteiger partial charge in [0.15, 0.2) is 6.61 Å². The maximum atomic E-state index is 8.61. The zero-order chi connectivity index (χ0) is 17.4. The van der Waals surface area contributed by atoms with Crippen LogP contribution >= 0.6 is 23.2 Å². The number of allylic oxidation sites excluding steroid dienone is 2. The fourth-order valence-corrected chi connectivity index (χ4v) is 4.20. The average molecular weight is 371 g/mol. The number of fused-ring (bicyclic) bond motifs is 3. The molecule has 1 heterocycles. The van der Waals surface area contributed by atoms with Gasteiger partial charge >= 0.3 is 0 Å². The molecule has 2 aliphatic rings. The number of rotatable bonds is 3. The third kappa shape index (κ3) is 2.86. The highest BCUT2D eigenvalue weighted by Crippen LogP contribution is 2.52. The average Bonchev–Trinajstić information content (AvgIpc) is 3.13. The standard InChI is InChI=1S/C20H16Cl2N2O/c21-17-9-8-16-14-2-1-3-15(14)19(24-20(16)18(17)22)12-4-6-13(7-5-12)25-11-10-23/h1-2,4-9,14-15,19,24H,3,11H2/t14-,15-,19+/m0/s1. The largest absolute Gasteiger partial charge is 0.479 e. The van der Waals surface area contributed by atoms with Crippen LogP contribution in [0.3, 0.4) is 0 Å². The molecule has 0 fully saturated rings. The van der Waals surface area contributed by atoms with Crippen LogP contribution in [0.15, 0.2) is 48.6 Å². The van der Waals surface area contributed by atoms with E-state index in [9.17, 15) is 0 Å². The van der Waals surface area contributed by atoms with Crippen molar-refractivity contribution in [3.63, 3.8) is 0 Å². The first kappa shape index (κ1) is 16.3. The van der Waals surface area contributed by atoms with Crippen LogP contribution in [0.5, 0.6) is 5.75 Å². The number of anilines is 1. The first-order chi connectivity index (χ1) is 12.2. The van der Waals surface area contributed by atoms with E-state index in [2.05, 4.69) is 23.5 Å². The molecule has 126 valence electrons. The molecule has 2 aromatic carbocycles. The van der Waals surface area contributed by atoms with Crippen molar-refractivity contribution in [2.24, 2.45) is 5.92 Å². The van der Waals surface area contributed by atoms with Crippen LogP contribution in [-0.2, 0) is 0 Å². The Morgan fingerprint density at radius 1 is 1.16 bits per heavy atom. The molecule has 0 saturated heterocycles. The molecule has 25 heavy (non-hydrogen) atoms. The number of nitrogens with one attached hydrogen (secondary N) is 1. The second kappa shape index (κ2) is 6.63. The van der Waals surface area contributed by atoms with Crippen LogP contribution in [-0.4, -0.2) is 6.61 Å². The second-order valence-corrected chi connectivity index (χ2v) is 7.10. The molecule has 0 bridgehead atoms. The number of hydrogen-bond donors (Lipinski definition) is 1. The van der Waals surface area contributed by atoms with E-state index >= 15 is 0 Å². The summed E-state index contributed by atoms with van der Waals surface area (Å²) in [5, 5.41) is 13.4. The van der Waals surface area contributed by atoms with Crippen LogP contribution in [0, 0.1) is 17.2 Å². The van der Waals surface area contributed by atoms with E-state index in [1.165, 1.54) is 11.1 Å². The number of nitrogens with zero attached hydrogens (tertiary/aromatic N) is 1.